The SMILES string of the molecule is CC(=O)Oc1ccc(-c2cc(OC(C)=O)c3cc2C(OC(C)=O)c2cc(c(CCc4ccccc4)cc2OC(C)=O)C(OC(C)=O)c2cc(c(-c4ccc(OC(C)=O)cc4)cc2OC(C)=O)C(OC(C)=O)c2cc(c(CCc4ccccc4)cc2OC(C)=O)C3OC(C)=O)cc1. The van der Waals surface area contributed by atoms with Crippen molar-refractivity contribution >= 4 is 59.7 Å². The first kappa shape index (κ1) is 68.8. The van der Waals surface area contributed by atoms with Gasteiger partial charge in [0.1, 0.15) is 34.5 Å². The lowest BCUT2D eigenvalue weighted by Crippen LogP contribution is -2.22. The van der Waals surface area contributed by atoms with Crippen molar-refractivity contribution < 1.29 is 95.3 Å². The predicted octanol–water partition coefficient (Wildman–Crippen LogP) is 13.1. The van der Waals surface area contributed by atoms with Gasteiger partial charge in [0.2, 0.25) is 0 Å². The minimum Gasteiger partial charge on any atom is -0.453 e. The van der Waals surface area contributed by atoms with Gasteiger partial charge in [0.15, 0.2) is 24.4 Å². The fourth-order valence-electron chi connectivity index (χ4n) is 11.6. The van der Waals surface area contributed by atoms with Gasteiger partial charge < -0.3 is 47.4 Å². The minimum atomic E-state index is -1.70. The molecule has 0 spiro atoms. The first-order valence-corrected chi connectivity index (χ1v) is 30.6. The molecule has 0 amide bonds. The van der Waals surface area contributed by atoms with Gasteiger partial charge in [-0.05, 0) is 143 Å². The van der Waals surface area contributed by atoms with Gasteiger partial charge in [0, 0.05) is 114 Å². The molecule has 492 valence electrons. The van der Waals surface area contributed by atoms with Crippen molar-refractivity contribution in [2.75, 3.05) is 0 Å². The molecule has 8 aromatic rings. The molecule has 0 saturated heterocycles. The lowest BCUT2D eigenvalue weighted by atomic mass is 9.82. The van der Waals surface area contributed by atoms with Crippen LogP contribution < -0.4 is 28.4 Å². The van der Waals surface area contributed by atoms with Crippen LogP contribution >= 0.6 is 0 Å². The molecule has 0 radical (unpaired) electrons. The molecule has 1 aliphatic rings. The van der Waals surface area contributed by atoms with Crippen molar-refractivity contribution in [2.24, 2.45) is 0 Å². The van der Waals surface area contributed by atoms with E-state index >= 15 is 0 Å². The summed E-state index contributed by atoms with van der Waals surface area (Å²) in [5, 5.41) is 0. The van der Waals surface area contributed by atoms with Gasteiger partial charge in [-0.25, -0.2) is 0 Å². The monoisotopic (exact) mass is 1300 g/mol. The second-order valence-electron chi connectivity index (χ2n) is 22.7. The van der Waals surface area contributed by atoms with Crippen LogP contribution in [0.4, 0.5) is 0 Å². The maximum atomic E-state index is 14.2. The van der Waals surface area contributed by atoms with Gasteiger partial charge in [-0.15, -0.1) is 0 Å². The molecular formula is C76H68O20. The fraction of sp³-hybridized carbons (Fsp3) is 0.237. The molecule has 20 nitrogen and oxygen atoms in total. The summed E-state index contributed by atoms with van der Waals surface area (Å²) in [6.07, 6.45) is -5.85. The van der Waals surface area contributed by atoms with E-state index in [2.05, 4.69) is 0 Å². The van der Waals surface area contributed by atoms with Crippen molar-refractivity contribution in [3.05, 3.63) is 224 Å². The van der Waals surface area contributed by atoms with Gasteiger partial charge in [-0.2, -0.15) is 0 Å². The lowest BCUT2D eigenvalue weighted by molar-refractivity contribution is -0.145. The van der Waals surface area contributed by atoms with E-state index < -0.39 is 84.1 Å². The zero-order valence-corrected chi connectivity index (χ0v) is 54.3. The number of hydrogen-bond donors (Lipinski definition) is 0. The number of carbonyl (C=O) groups is 10. The largest absolute Gasteiger partial charge is 0.453 e. The first-order valence-electron chi connectivity index (χ1n) is 30.6. The Kier molecular flexibility index (Phi) is 21.8. The molecule has 96 heavy (non-hydrogen) atoms. The Balaban J connectivity index is 1.56. The van der Waals surface area contributed by atoms with Crippen LogP contribution in [0.3, 0.4) is 0 Å². The zero-order valence-electron chi connectivity index (χ0n) is 54.3. The average molecular weight is 1300 g/mol. The van der Waals surface area contributed by atoms with E-state index in [0.29, 0.717) is 35.1 Å². The predicted molar refractivity (Wildman–Crippen MR) is 347 cm³/mol. The topological polar surface area (TPSA) is 263 Å². The van der Waals surface area contributed by atoms with E-state index in [1.165, 1.54) is 100 Å². The van der Waals surface area contributed by atoms with E-state index in [4.69, 9.17) is 47.4 Å². The van der Waals surface area contributed by atoms with E-state index in [1.807, 2.05) is 60.7 Å². The van der Waals surface area contributed by atoms with E-state index in [9.17, 15) is 47.9 Å². The van der Waals surface area contributed by atoms with Crippen LogP contribution in [0.25, 0.3) is 22.3 Å². The van der Waals surface area contributed by atoms with Crippen LogP contribution in [0.1, 0.15) is 160 Å². The third kappa shape index (κ3) is 17.2. The number of hydrogen-bond acceptors (Lipinski definition) is 20. The second-order valence-corrected chi connectivity index (χ2v) is 22.7. The molecule has 0 fully saturated rings. The smallest absolute Gasteiger partial charge is 0.308 e. The second kappa shape index (κ2) is 30.5. The summed E-state index contributed by atoms with van der Waals surface area (Å²) in [5.74, 6) is -8.44. The van der Waals surface area contributed by atoms with Crippen LogP contribution in [-0.4, -0.2) is 59.7 Å². The van der Waals surface area contributed by atoms with Crippen LogP contribution in [0.15, 0.2) is 158 Å². The molecule has 0 aromatic heterocycles. The number of benzene rings is 8. The van der Waals surface area contributed by atoms with Gasteiger partial charge in [-0.3, -0.25) is 47.9 Å². The number of esters is 10. The van der Waals surface area contributed by atoms with Crippen LogP contribution in [-0.2, 0) is 92.6 Å². The third-order valence-corrected chi connectivity index (χ3v) is 15.2. The maximum Gasteiger partial charge on any atom is 0.308 e. The Labute approximate surface area is 553 Å². The van der Waals surface area contributed by atoms with Gasteiger partial charge in [0.25, 0.3) is 0 Å². The van der Waals surface area contributed by atoms with E-state index in [1.54, 1.807) is 24.3 Å². The highest BCUT2D eigenvalue weighted by atomic mass is 16.6. The normalized spacial score (nSPS) is 14.5. The summed E-state index contributed by atoms with van der Waals surface area (Å²) in [6, 6.07) is 43.0. The fourth-order valence-corrected chi connectivity index (χ4v) is 11.6. The molecule has 9 rings (SSSR count). The van der Waals surface area contributed by atoms with E-state index in [0.717, 1.165) is 52.7 Å². The maximum absolute atomic E-state index is 14.2. The Bertz CT molecular complexity index is 4060. The number of fused-ring (bicyclic) bond motifs is 8. The van der Waals surface area contributed by atoms with Crippen molar-refractivity contribution in [2.45, 2.75) is 119 Å². The molecule has 0 aliphatic heterocycles. The van der Waals surface area contributed by atoms with E-state index in [-0.39, 0.29) is 103 Å². The Morgan fingerprint density at radius 2 is 0.521 bits per heavy atom. The summed E-state index contributed by atoms with van der Waals surface area (Å²) >= 11 is 0. The Hall–Kier alpha value is -11.5. The van der Waals surface area contributed by atoms with Gasteiger partial charge >= 0.3 is 59.7 Å². The quantitative estimate of drug-likeness (QED) is 0.0439. The molecule has 8 bridgehead atoms. The van der Waals surface area contributed by atoms with Crippen molar-refractivity contribution in [1.29, 1.82) is 0 Å². The number of carbonyl (C=O) groups excluding carboxylic acids is 10. The molecule has 0 N–H and O–H groups in total. The zero-order chi connectivity index (χ0) is 69.1. The molecule has 4 atom stereocenters. The van der Waals surface area contributed by atoms with Crippen molar-refractivity contribution in [1.82, 2.24) is 0 Å². The van der Waals surface area contributed by atoms with Crippen molar-refractivity contribution in [3.8, 4) is 56.8 Å². The highest BCUT2D eigenvalue weighted by Gasteiger charge is 2.38. The molecule has 1 aliphatic carbocycles. The average Bonchev–Trinajstić information content (AvgIpc) is 0.745. The highest BCUT2D eigenvalue weighted by molar-refractivity contribution is 5.82. The number of rotatable bonds is 18. The van der Waals surface area contributed by atoms with Crippen molar-refractivity contribution in [3.63, 3.8) is 0 Å². The van der Waals surface area contributed by atoms with Gasteiger partial charge in [0.05, 0.1) is 0 Å². The summed E-state index contributed by atoms with van der Waals surface area (Å²) in [4.78, 5) is 136. The first-order chi connectivity index (χ1) is 45.8. The standard InChI is InChI=1S/C76H68O20/c1-41(77)87-57-29-25-53(26-30-57)59-39-71(91-45(5)81)67-37-63(59)75(95-49(9)85)65-35-61(55(33-69(65)89-43(3)79)23-21-51-17-13-11-14-18-51)74(94-48(8)84)68-38-64(60(40-72(68)92-46(6)82)54-27-31-58(32-28-54)88-42(2)78)76(96-50(10)86)66-36-62(73(67)93-47(7)83)56(34-70(66)90-44(4)80)24-22-52-19-15-12-16-20-52/h11-20,25-40,73-76H,21-24H2,1-10H3. The third-order valence-electron chi connectivity index (χ3n) is 15.2. The lowest BCUT2D eigenvalue weighted by Gasteiger charge is -2.31. The molecule has 8 aromatic carbocycles. The molecule has 20 heteroatoms. The summed E-state index contributed by atoms with van der Waals surface area (Å²) in [6.45, 7) is 11.7. The molecule has 4 unspecified atom stereocenters. The van der Waals surface area contributed by atoms with Crippen LogP contribution in [0, 0.1) is 0 Å². The summed E-state index contributed by atoms with van der Waals surface area (Å²) < 4.78 is 61.6. The van der Waals surface area contributed by atoms with Crippen LogP contribution in [0.2, 0.25) is 0 Å². The van der Waals surface area contributed by atoms with Crippen LogP contribution in [0.5, 0.6) is 34.5 Å². The molecular weight excluding hydrogens is 1230 g/mol. The number of aryl methyl sites for hydroxylation is 4. The molecule has 0 heterocycles. The highest BCUT2D eigenvalue weighted by Crippen LogP contribution is 2.51. The summed E-state index contributed by atoms with van der Waals surface area (Å²) in [7, 11) is 0. The van der Waals surface area contributed by atoms with Gasteiger partial charge in [-0.1, -0.05) is 84.9 Å². The Morgan fingerprint density at radius 1 is 0.260 bits per heavy atom. The molecule has 0 saturated carbocycles. The minimum absolute atomic E-state index is 0.0516. The summed E-state index contributed by atoms with van der Waals surface area (Å²) in [5.41, 5.74) is 3.71. The number of ether oxygens (including phenoxy) is 10. The Morgan fingerprint density at radius 3 is 0.792 bits per heavy atom.